The lowest BCUT2D eigenvalue weighted by atomic mass is 9.95. The molecule has 0 radical (unpaired) electrons. The molecule has 2 atom stereocenters. The first-order chi connectivity index (χ1) is 9.68. The molecule has 1 saturated carbocycles. The van der Waals surface area contributed by atoms with Gasteiger partial charge in [0.05, 0.1) is 11.4 Å². The summed E-state index contributed by atoms with van der Waals surface area (Å²) in [5.74, 6) is 0. The van der Waals surface area contributed by atoms with Crippen LogP contribution in [0, 0.1) is 0 Å². The highest BCUT2D eigenvalue weighted by Crippen LogP contribution is 2.33. The topological polar surface area (TPSA) is 59.1 Å². The first-order valence-corrected chi connectivity index (χ1v) is 9.39. The molecule has 9 heteroatoms. The van der Waals surface area contributed by atoms with E-state index >= 15 is 0 Å². The first kappa shape index (κ1) is 16.7. The highest BCUT2D eigenvalue weighted by molar-refractivity contribution is 7.91. The van der Waals surface area contributed by atoms with Crippen LogP contribution < -0.4 is 5.32 Å². The summed E-state index contributed by atoms with van der Waals surface area (Å²) in [6.07, 6.45) is 0.758. The van der Waals surface area contributed by atoms with Crippen LogP contribution in [0.5, 0.6) is 0 Å². The summed E-state index contributed by atoms with van der Waals surface area (Å²) in [5, 5.41) is 2.92. The molecule has 120 valence electrons. The van der Waals surface area contributed by atoms with Crippen LogP contribution >= 0.6 is 11.3 Å². The van der Waals surface area contributed by atoms with Crippen molar-refractivity contribution in [3.05, 3.63) is 16.1 Å². The summed E-state index contributed by atoms with van der Waals surface area (Å²) < 4.78 is 60.9. The zero-order chi connectivity index (χ0) is 15.7. The van der Waals surface area contributed by atoms with Crippen molar-refractivity contribution in [3.8, 4) is 0 Å². The molecule has 0 saturated heterocycles. The lowest BCUT2D eigenvalue weighted by Gasteiger charge is -2.30. The minimum absolute atomic E-state index is 0.164. The van der Waals surface area contributed by atoms with Crippen LogP contribution in [0.3, 0.4) is 0 Å². The summed E-state index contributed by atoms with van der Waals surface area (Å²) >= 11 is 0.589. The van der Waals surface area contributed by atoms with Crippen LogP contribution in [0.15, 0.2) is 6.20 Å². The Labute approximate surface area is 125 Å². The van der Waals surface area contributed by atoms with Gasteiger partial charge in [-0.15, -0.1) is 11.3 Å². The van der Waals surface area contributed by atoms with Gasteiger partial charge in [0.25, 0.3) is 0 Å². The van der Waals surface area contributed by atoms with Gasteiger partial charge in [0.2, 0.25) is 0 Å². The summed E-state index contributed by atoms with van der Waals surface area (Å²) in [7, 11) is -3.16. The first-order valence-electron chi connectivity index (χ1n) is 6.62. The van der Waals surface area contributed by atoms with Crippen molar-refractivity contribution in [2.24, 2.45) is 0 Å². The fourth-order valence-electron chi connectivity index (χ4n) is 2.58. The Morgan fingerprint density at radius 2 is 2.05 bits per heavy atom. The Morgan fingerprint density at radius 3 is 2.62 bits per heavy atom. The molecule has 1 aliphatic rings. The molecule has 1 aromatic heterocycles. The van der Waals surface area contributed by atoms with Gasteiger partial charge in [0.1, 0.15) is 9.88 Å². The van der Waals surface area contributed by atoms with E-state index in [4.69, 9.17) is 0 Å². The highest BCUT2D eigenvalue weighted by Gasteiger charge is 2.34. The number of hydrogen-bond donors (Lipinski definition) is 1. The lowest BCUT2D eigenvalue weighted by molar-refractivity contribution is -0.134. The number of nitrogens with zero attached hydrogens (tertiary/aromatic N) is 1. The van der Waals surface area contributed by atoms with Gasteiger partial charge in [-0.1, -0.05) is 12.8 Å². The van der Waals surface area contributed by atoms with Gasteiger partial charge in [0, 0.05) is 18.8 Å². The Hall–Kier alpha value is -0.670. The normalized spacial score (nSPS) is 24.2. The maximum atomic E-state index is 12.5. The molecule has 0 unspecified atom stereocenters. The van der Waals surface area contributed by atoms with Gasteiger partial charge >= 0.3 is 6.18 Å². The number of rotatable bonds is 4. The molecule has 2 rings (SSSR count). The predicted molar refractivity (Wildman–Crippen MR) is 74.8 cm³/mol. The zero-order valence-corrected chi connectivity index (χ0v) is 13.1. The van der Waals surface area contributed by atoms with Gasteiger partial charge in [-0.05, 0) is 12.8 Å². The number of nitrogens with one attached hydrogen (secondary N) is 1. The van der Waals surface area contributed by atoms with Crippen LogP contribution in [-0.4, -0.2) is 30.9 Å². The van der Waals surface area contributed by atoms with E-state index in [1.165, 1.54) is 6.26 Å². The summed E-state index contributed by atoms with van der Waals surface area (Å²) in [5.41, 5.74) is 0. The Kier molecular flexibility index (Phi) is 4.94. The van der Waals surface area contributed by atoms with E-state index in [-0.39, 0.29) is 12.6 Å². The van der Waals surface area contributed by atoms with Gasteiger partial charge < -0.3 is 5.32 Å². The molecule has 0 amide bonds. The molecule has 0 spiro atoms. The zero-order valence-electron chi connectivity index (χ0n) is 11.5. The van der Waals surface area contributed by atoms with Crippen molar-refractivity contribution in [2.75, 3.05) is 6.26 Å². The van der Waals surface area contributed by atoms with E-state index in [1.54, 1.807) is 0 Å². The van der Waals surface area contributed by atoms with Crippen LogP contribution in [0.1, 0.15) is 35.6 Å². The molecule has 0 aromatic carbocycles. The summed E-state index contributed by atoms with van der Waals surface area (Å²) in [4.78, 5) is 3.01. The van der Waals surface area contributed by atoms with Gasteiger partial charge in [-0.25, -0.2) is 13.4 Å². The van der Waals surface area contributed by atoms with E-state index in [0.717, 1.165) is 25.5 Å². The highest BCUT2D eigenvalue weighted by atomic mass is 32.2. The summed E-state index contributed by atoms with van der Waals surface area (Å²) in [6, 6.07) is -0.216. The van der Waals surface area contributed by atoms with Crippen molar-refractivity contribution < 1.29 is 21.6 Å². The molecular formula is C12H17F3N2O2S2. The Balaban J connectivity index is 1.99. The number of alkyl halides is 3. The van der Waals surface area contributed by atoms with Crippen molar-refractivity contribution in [2.45, 2.75) is 49.7 Å². The maximum Gasteiger partial charge on any atom is 0.427 e. The van der Waals surface area contributed by atoms with Crippen molar-refractivity contribution >= 4 is 21.2 Å². The molecule has 1 aromatic rings. The molecule has 21 heavy (non-hydrogen) atoms. The summed E-state index contributed by atoms with van der Waals surface area (Å²) in [6.45, 7) is 0.164. The molecular weight excluding hydrogens is 325 g/mol. The van der Waals surface area contributed by atoms with E-state index in [1.807, 2.05) is 0 Å². The van der Waals surface area contributed by atoms with E-state index in [9.17, 15) is 21.6 Å². The fraction of sp³-hybridized carbons (Fsp3) is 0.750. The average molecular weight is 342 g/mol. The quantitative estimate of drug-likeness (QED) is 0.914. The Morgan fingerprint density at radius 1 is 1.38 bits per heavy atom. The van der Waals surface area contributed by atoms with E-state index in [0.29, 0.717) is 22.8 Å². The third-order valence-electron chi connectivity index (χ3n) is 3.60. The Bertz CT molecular complexity index is 584. The largest absolute Gasteiger partial charge is 0.427 e. The van der Waals surface area contributed by atoms with E-state index in [2.05, 4.69) is 10.3 Å². The van der Waals surface area contributed by atoms with Crippen molar-refractivity contribution in [1.82, 2.24) is 10.3 Å². The lowest BCUT2D eigenvalue weighted by Crippen LogP contribution is -2.45. The number of hydrogen-bond acceptors (Lipinski definition) is 5. The smallest absolute Gasteiger partial charge is 0.306 e. The molecule has 1 heterocycles. The minimum atomic E-state index is -4.38. The number of halogens is 3. The second kappa shape index (κ2) is 6.21. The third-order valence-corrected chi connectivity index (χ3v) is 6.31. The number of aromatic nitrogens is 1. The van der Waals surface area contributed by atoms with Crippen molar-refractivity contribution in [1.29, 1.82) is 0 Å². The van der Waals surface area contributed by atoms with Crippen LogP contribution in [0.4, 0.5) is 13.2 Å². The number of sulfone groups is 1. The van der Waals surface area contributed by atoms with Gasteiger partial charge in [-0.2, -0.15) is 13.2 Å². The fourth-order valence-corrected chi connectivity index (χ4v) is 4.74. The SMILES string of the molecule is CS(=O)(=O)[C@@H]1CCCC[C@H]1NCc1ncc(C(F)(F)F)s1. The molecule has 4 nitrogen and oxygen atoms in total. The van der Waals surface area contributed by atoms with E-state index < -0.39 is 26.1 Å². The van der Waals surface area contributed by atoms with Crippen molar-refractivity contribution in [3.63, 3.8) is 0 Å². The second-order valence-corrected chi connectivity index (χ2v) is 8.64. The van der Waals surface area contributed by atoms with Gasteiger partial charge in [-0.3, -0.25) is 0 Å². The average Bonchev–Trinajstić information content (AvgIpc) is 2.84. The monoisotopic (exact) mass is 342 g/mol. The van der Waals surface area contributed by atoms with Crippen LogP contribution in [-0.2, 0) is 22.6 Å². The molecule has 1 aliphatic carbocycles. The molecule has 1 fully saturated rings. The molecule has 1 N–H and O–H groups in total. The predicted octanol–water partition coefficient (Wildman–Crippen LogP) is 2.61. The molecule has 0 aliphatic heterocycles. The second-order valence-electron chi connectivity index (χ2n) is 5.26. The third kappa shape index (κ3) is 4.40. The van der Waals surface area contributed by atoms with Crippen LogP contribution in [0.2, 0.25) is 0 Å². The van der Waals surface area contributed by atoms with Gasteiger partial charge in [0.15, 0.2) is 9.84 Å². The standard InChI is InChI=1S/C12H17F3N2O2S2/c1-21(18,19)9-5-3-2-4-8(9)16-7-11-17-6-10(20-11)12(13,14)15/h6,8-9,16H,2-5,7H2,1H3/t8-,9-/m1/s1. The minimum Gasteiger partial charge on any atom is -0.306 e. The maximum absolute atomic E-state index is 12.5. The molecule has 0 bridgehead atoms. The van der Waals surface area contributed by atoms with Crippen LogP contribution in [0.25, 0.3) is 0 Å². The number of thiazole rings is 1.